The first kappa shape index (κ1) is 15.1. The first-order valence-corrected chi connectivity index (χ1v) is 7.74. The summed E-state index contributed by atoms with van der Waals surface area (Å²) in [5.74, 6) is -0.179. The molecule has 3 nitrogen and oxygen atoms in total. The molecule has 0 aromatic heterocycles. The molecule has 0 unspecified atom stereocenters. The molecule has 0 saturated heterocycles. The van der Waals surface area contributed by atoms with E-state index in [4.69, 9.17) is 5.73 Å². The lowest BCUT2D eigenvalue weighted by Crippen LogP contribution is -2.13. The molecular weight excluding hydrogens is 384 g/mol. The van der Waals surface area contributed by atoms with E-state index >= 15 is 0 Å². The van der Waals surface area contributed by atoms with E-state index in [1.165, 1.54) is 0 Å². The fourth-order valence-electron chi connectivity index (χ4n) is 1.86. The Hall–Kier alpha value is -1.33. The van der Waals surface area contributed by atoms with Crippen molar-refractivity contribution in [3.05, 3.63) is 56.5 Å². The topological polar surface area (TPSA) is 55.1 Å². The Bertz CT molecular complexity index is 656. The molecule has 0 saturated carbocycles. The Morgan fingerprint density at radius 2 is 1.95 bits per heavy atom. The van der Waals surface area contributed by atoms with Crippen molar-refractivity contribution in [1.82, 2.24) is 0 Å². The number of benzene rings is 2. The van der Waals surface area contributed by atoms with Gasteiger partial charge in [0, 0.05) is 20.3 Å². The standard InChI is InChI=1S/C15H14Br2N2O/c1-2-9-3-5-11(8-14(9)18)19-15(20)12-7-10(16)4-6-13(12)17/h3-8H,2,18H2,1H3,(H,19,20). The van der Waals surface area contributed by atoms with Gasteiger partial charge in [0.05, 0.1) is 5.56 Å². The van der Waals surface area contributed by atoms with Gasteiger partial charge in [-0.05, 0) is 58.2 Å². The number of carbonyl (C=O) groups is 1. The zero-order chi connectivity index (χ0) is 14.7. The summed E-state index contributed by atoms with van der Waals surface area (Å²) in [5, 5.41) is 2.85. The minimum Gasteiger partial charge on any atom is -0.398 e. The molecule has 1 amide bonds. The van der Waals surface area contributed by atoms with E-state index in [9.17, 15) is 4.79 Å². The molecule has 3 N–H and O–H groups in total. The van der Waals surface area contributed by atoms with Crippen molar-refractivity contribution in [2.24, 2.45) is 0 Å². The Balaban J connectivity index is 2.23. The van der Waals surface area contributed by atoms with Crippen LogP contribution >= 0.6 is 31.9 Å². The predicted molar refractivity (Wildman–Crippen MR) is 90.0 cm³/mol. The second kappa shape index (κ2) is 6.41. The lowest BCUT2D eigenvalue weighted by molar-refractivity contribution is 0.102. The van der Waals surface area contributed by atoms with Gasteiger partial charge >= 0.3 is 0 Å². The first-order chi connectivity index (χ1) is 9.51. The van der Waals surface area contributed by atoms with E-state index in [2.05, 4.69) is 37.2 Å². The SMILES string of the molecule is CCc1ccc(NC(=O)c2cc(Br)ccc2Br)cc1N. The average Bonchev–Trinajstić information content (AvgIpc) is 2.41. The number of hydrogen-bond acceptors (Lipinski definition) is 2. The summed E-state index contributed by atoms with van der Waals surface area (Å²) >= 11 is 6.74. The summed E-state index contributed by atoms with van der Waals surface area (Å²) in [4.78, 5) is 12.3. The summed E-state index contributed by atoms with van der Waals surface area (Å²) in [6.07, 6.45) is 0.872. The molecule has 0 aliphatic rings. The summed E-state index contributed by atoms with van der Waals surface area (Å²) < 4.78 is 1.60. The normalized spacial score (nSPS) is 10.3. The van der Waals surface area contributed by atoms with Gasteiger partial charge in [0.25, 0.3) is 5.91 Å². The van der Waals surface area contributed by atoms with Crippen LogP contribution in [0.3, 0.4) is 0 Å². The molecule has 0 spiro atoms. The zero-order valence-electron chi connectivity index (χ0n) is 10.9. The summed E-state index contributed by atoms with van der Waals surface area (Å²) in [7, 11) is 0. The highest BCUT2D eigenvalue weighted by Gasteiger charge is 2.11. The third-order valence-corrected chi connectivity index (χ3v) is 4.14. The number of rotatable bonds is 3. The van der Waals surface area contributed by atoms with Crippen molar-refractivity contribution < 1.29 is 4.79 Å². The van der Waals surface area contributed by atoms with Crippen LogP contribution in [0.25, 0.3) is 0 Å². The van der Waals surface area contributed by atoms with E-state index in [-0.39, 0.29) is 5.91 Å². The minimum absolute atomic E-state index is 0.179. The van der Waals surface area contributed by atoms with E-state index in [0.717, 1.165) is 20.9 Å². The third-order valence-electron chi connectivity index (χ3n) is 2.96. The van der Waals surface area contributed by atoms with E-state index in [1.807, 2.05) is 31.2 Å². The average molecular weight is 398 g/mol. The number of nitrogens with two attached hydrogens (primary N) is 1. The number of nitrogens with one attached hydrogen (secondary N) is 1. The van der Waals surface area contributed by atoms with Crippen LogP contribution in [0.15, 0.2) is 45.3 Å². The van der Waals surface area contributed by atoms with Crippen LogP contribution in [0.4, 0.5) is 11.4 Å². The fraction of sp³-hybridized carbons (Fsp3) is 0.133. The number of hydrogen-bond donors (Lipinski definition) is 2. The monoisotopic (exact) mass is 396 g/mol. The smallest absolute Gasteiger partial charge is 0.256 e. The summed E-state index contributed by atoms with van der Waals surface area (Å²) in [6, 6.07) is 11.0. The molecule has 0 bridgehead atoms. The van der Waals surface area contributed by atoms with Gasteiger partial charge < -0.3 is 11.1 Å². The molecular formula is C15H14Br2N2O. The first-order valence-electron chi connectivity index (χ1n) is 6.16. The maximum Gasteiger partial charge on any atom is 0.256 e. The Morgan fingerprint density at radius 1 is 1.20 bits per heavy atom. The minimum atomic E-state index is -0.179. The molecule has 0 radical (unpaired) electrons. The second-order valence-electron chi connectivity index (χ2n) is 4.35. The molecule has 2 rings (SSSR count). The van der Waals surface area contributed by atoms with Crippen LogP contribution in [-0.2, 0) is 6.42 Å². The molecule has 0 atom stereocenters. The van der Waals surface area contributed by atoms with Crippen LogP contribution in [0.1, 0.15) is 22.8 Å². The largest absolute Gasteiger partial charge is 0.398 e. The quantitative estimate of drug-likeness (QED) is 0.743. The molecule has 104 valence electrons. The van der Waals surface area contributed by atoms with Crippen LogP contribution in [-0.4, -0.2) is 5.91 Å². The molecule has 0 aliphatic heterocycles. The van der Waals surface area contributed by atoms with Crippen molar-refractivity contribution in [1.29, 1.82) is 0 Å². The lowest BCUT2D eigenvalue weighted by Gasteiger charge is -2.10. The van der Waals surface area contributed by atoms with Crippen molar-refractivity contribution in [3.8, 4) is 0 Å². The molecule has 5 heteroatoms. The van der Waals surface area contributed by atoms with Gasteiger partial charge in [-0.15, -0.1) is 0 Å². The van der Waals surface area contributed by atoms with E-state index in [0.29, 0.717) is 16.9 Å². The van der Waals surface area contributed by atoms with Crippen LogP contribution in [0, 0.1) is 0 Å². The third kappa shape index (κ3) is 3.41. The maximum absolute atomic E-state index is 12.3. The molecule has 2 aromatic carbocycles. The zero-order valence-corrected chi connectivity index (χ0v) is 14.1. The van der Waals surface area contributed by atoms with Crippen molar-refractivity contribution in [2.45, 2.75) is 13.3 Å². The van der Waals surface area contributed by atoms with Gasteiger partial charge in [-0.3, -0.25) is 4.79 Å². The molecule has 0 aliphatic carbocycles. The highest BCUT2D eigenvalue weighted by atomic mass is 79.9. The highest BCUT2D eigenvalue weighted by Crippen LogP contribution is 2.24. The number of halogens is 2. The van der Waals surface area contributed by atoms with Crippen LogP contribution < -0.4 is 11.1 Å². The van der Waals surface area contributed by atoms with Crippen molar-refractivity contribution in [2.75, 3.05) is 11.1 Å². The van der Waals surface area contributed by atoms with Gasteiger partial charge in [-0.1, -0.05) is 28.9 Å². The number of amides is 1. The number of aryl methyl sites for hydroxylation is 1. The number of nitrogen functional groups attached to an aromatic ring is 1. The van der Waals surface area contributed by atoms with Crippen LogP contribution in [0.2, 0.25) is 0 Å². The van der Waals surface area contributed by atoms with Gasteiger partial charge in [0.1, 0.15) is 0 Å². The molecule has 20 heavy (non-hydrogen) atoms. The summed E-state index contributed by atoms with van der Waals surface area (Å²) in [6.45, 7) is 2.04. The molecule has 2 aromatic rings. The van der Waals surface area contributed by atoms with Gasteiger partial charge in [-0.2, -0.15) is 0 Å². The highest BCUT2D eigenvalue weighted by molar-refractivity contribution is 9.11. The predicted octanol–water partition coefficient (Wildman–Crippen LogP) is 4.61. The van der Waals surface area contributed by atoms with Gasteiger partial charge in [0.2, 0.25) is 0 Å². The van der Waals surface area contributed by atoms with Gasteiger partial charge in [0.15, 0.2) is 0 Å². The van der Waals surface area contributed by atoms with Crippen LogP contribution in [0.5, 0.6) is 0 Å². The van der Waals surface area contributed by atoms with E-state index < -0.39 is 0 Å². The lowest BCUT2D eigenvalue weighted by atomic mass is 10.1. The summed E-state index contributed by atoms with van der Waals surface area (Å²) in [5.41, 5.74) is 8.96. The Kier molecular flexibility index (Phi) is 4.83. The van der Waals surface area contributed by atoms with Gasteiger partial charge in [-0.25, -0.2) is 0 Å². The van der Waals surface area contributed by atoms with Crippen molar-refractivity contribution >= 4 is 49.1 Å². The number of anilines is 2. The Morgan fingerprint density at radius 3 is 2.60 bits per heavy atom. The molecule has 0 heterocycles. The van der Waals surface area contributed by atoms with Crippen molar-refractivity contribution in [3.63, 3.8) is 0 Å². The molecule has 0 fully saturated rings. The van der Waals surface area contributed by atoms with E-state index in [1.54, 1.807) is 12.1 Å². The fourth-order valence-corrected chi connectivity index (χ4v) is 2.65. The second-order valence-corrected chi connectivity index (χ2v) is 6.12. The Labute approximate surface area is 134 Å². The number of carbonyl (C=O) groups excluding carboxylic acids is 1. The maximum atomic E-state index is 12.3.